The molecular weight excluding hydrogens is 367 g/mol. The van der Waals surface area contributed by atoms with Crippen molar-refractivity contribution in [2.24, 2.45) is 0 Å². The number of para-hydroxylation sites is 3. The number of hydrogen-bond donors (Lipinski definition) is 2. The van der Waals surface area contributed by atoms with Gasteiger partial charge < -0.3 is 15.8 Å². The van der Waals surface area contributed by atoms with E-state index >= 15 is 0 Å². The fourth-order valence-electron chi connectivity index (χ4n) is 1.64. The monoisotopic (exact) mass is 382 g/mol. The van der Waals surface area contributed by atoms with E-state index in [4.69, 9.17) is 10.5 Å². The third-order valence-corrected chi connectivity index (χ3v) is 3.55. The van der Waals surface area contributed by atoms with Crippen molar-refractivity contribution in [2.45, 2.75) is 6.42 Å². The number of nitrogens with one attached hydrogen (secondary N) is 1. The molecule has 20 heavy (non-hydrogen) atoms. The number of anilines is 2. The molecule has 0 atom stereocenters. The minimum atomic E-state index is -0.117. The highest BCUT2D eigenvalue weighted by Crippen LogP contribution is 2.20. The zero-order chi connectivity index (χ0) is 14.4. The molecule has 1 amide bonds. The Morgan fingerprint density at radius 2 is 1.85 bits per heavy atom. The van der Waals surface area contributed by atoms with Gasteiger partial charge in [-0.25, -0.2) is 0 Å². The number of rotatable bonds is 5. The summed E-state index contributed by atoms with van der Waals surface area (Å²) in [5, 5.41) is 2.77. The highest BCUT2D eigenvalue weighted by molar-refractivity contribution is 14.1. The van der Waals surface area contributed by atoms with E-state index in [2.05, 4.69) is 27.9 Å². The van der Waals surface area contributed by atoms with Crippen LogP contribution in [0.3, 0.4) is 0 Å². The van der Waals surface area contributed by atoms with Gasteiger partial charge in [-0.3, -0.25) is 4.79 Å². The first kappa shape index (κ1) is 14.6. The molecule has 104 valence electrons. The molecule has 0 unspecified atom stereocenters. The van der Waals surface area contributed by atoms with E-state index in [-0.39, 0.29) is 12.3 Å². The number of benzene rings is 2. The van der Waals surface area contributed by atoms with Gasteiger partial charge in [-0.05, 0) is 46.9 Å². The van der Waals surface area contributed by atoms with Gasteiger partial charge in [0.15, 0.2) is 0 Å². The summed E-state index contributed by atoms with van der Waals surface area (Å²) in [6.07, 6.45) is 0.277. The quantitative estimate of drug-likeness (QED) is 0.616. The van der Waals surface area contributed by atoms with Gasteiger partial charge in [0, 0.05) is 0 Å². The number of nitrogens with two attached hydrogens (primary N) is 1. The molecule has 0 bridgehead atoms. The molecule has 0 heterocycles. The highest BCUT2D eigenvalue weighted by Gasteiger charge is 2.06. The van der Waals surface area contributed by atoms with Crippen LogP contribution < -0.4 is 15.8 Å². The van der Waals surface area contributed by atoms with Crippen molar-refractivity contribution < 1.29 is 9.53 Å². The van der Waals surface area contributed by atoms with Crippen LogP contribution in [-0.2, 0) is 4.79 Å². The maximum Gasteiger partial charge on any atom is 0.227 e. The summed E-state index contributed by atoms with van der Waals surface area (Å²) in [7, 11) is 0. The van der Waals surface area contributed by atoms with Gasteiger partial charge in [0.1, 0.15) is 5.75 Å². The van der Waals surface area contributed by atoms with E-state index in [1.54, 1.807) is 12.1 Å². The number of carbonyl (C=O) groups excluding carboxylic acids is 1. The molecule has 0 aliphatic heterocycles. The number of hydrogen-bond acceptors (Lipinski definition) is 3. The Labute approximate surface area is 131 Å². The van der Waals surface area contributed by atoms with Crippen molar-refractivity contribution in [3.8, 4) is 5.75 Å². The number of amides is 1. The van der Waals surface area contributed by atoms with Crippen LogP contribution in [0.1, 0.15) is 6.42 Å². The van der Waals surface area contributed by atoms with Gasteiger partial charge in [-0.2, -0.15) is 0 Å². The van der Waals surface area contributed by atoms with Gasteiger partial charge >= 0.3 is 0 Å². The molecule has 5 heteroatoms. The Morgan fingerprint density at radius 1 is 1.15 bits per heavy atom. The van der Waals surface area contributed by atoms with Gasteiger partial charge in [-0.1, -0.05) is 24.3 Å². The zero-order valence-corrected chi connectivity index (χ0v) is 13.0. The Kier molecular flexibility index (Phi) is 5.23. The Bertz CT molecular complexity index is 602. The molecule has 2 aromatic rings. The maximum atomic E-state index is 11.8. The maximum absolute atomic E-state index is 11.8. The number of halogens is 1. The van der Waals surface area contributed by atoms with E-state index in [0.29, 0.717) is 18.0 Å². The van der Waals surface area contributed by atoms with Gasteiger partial charge in [0.05, 0.1) is 28.0 Å². The van der Waals surface area contributed by atoms with Crippen LogP contribution in [0.2, 0.25) is 0 Å². The average molecular weight is 382 g/mol. The average Bonchev–Trinajstić information content (AvgIpc) is 2.43. The molecule has 0 aromatic heterocycles. The topological polar surface area (TPSA) is 64.3 Å². The first-order chi connectivity index (χ1) is 9.66. The lowest BCUT2D eigenvalue weighted by Gasteiger charge is -2.09. The largest absolute Gasteiger partial charge is 0.492 e. The van der Waals surface area contributed by atoms with Gasteiger partial charge in [0.2, 0.25) is 5.91 Å². The van der Waals surface area contributed by atoms with Crippen LogP contribution in [0, 0.1) is 3.57 Å². The predicted molar refractivity (Wildman–Crippen MR) is 88.8 cm³/mol. The van der Waals surface area contributed by atoms with Crippen molar-refractivity contribution >= 4 is 39.9 Å². The molecule has 0 fully saturated rings. The molecule has 0 saturated heterocycles. The van der Waals surface area contributed by atoms with Crippen LogP contribution in [0.4, 0.5) is 11.4 Å². The molecule has 0 aliphatic carbocycles. The Hall–Kier alpha value is -1.76. The second-order valence-electron chi connectivity index (χ2n) is 4.16. The molecule has 0 saturated carbocycles. The zero-order valence-electron chi connectivity index (χ0n) is 10.8. The van der Waals surface area contributed by atoms with Crippen LogP contribution in [0.5, 0.6) is 5.75 Å². The van der Waals surface area contributed by atoms with E-state index in [0.717, 1.165) is 9.32 Å². The first-order valence-electron chi connectivity index (χ1n) is 6.18. The molecule has 3 N–H and O–H groups in total. The highest BCUT2D eigenvalue weighted by atomic mass is 127. The molecular formula is C15H15IN2O2. The summed E-state index contributed by atoms with van der Waals surface area (Å²) in [6, 6.07) is 14.9. The lowest BCUT2D eigenvalue weighted by Crippen LogP contribution is -2.16. The molecule has 0 aliphatic rings. The molecule has 4 nitrogen and oxygen atoms in total. The second kappa shape index (κ2) is 7.14. The van der Waals surface area contributed by atoms with Gasteiger partial charge in [-0.15, -0.1) is 0 Å². The van der Waals surface area contributed by atoms with Crippen molar-refractivity contribution in [2.75, 3.05) is 17.7 Å². The smallest absolute Gasteiger partial charge is 0.227 e. The third-order valence-electron chi connectivity index (χ3n) is 2.66. The number of ether oxygens (including phenoxy) is 1. The lowest BCUT2D eigenvalue weighted by atomic mass is 10.2. The van der Waals surface area contributed by atoms with Crippen LogP contribution in [0.15, 0.2) is 48.5 Å². The van der Waals surface area contributed by atoms with E-state index < -0.39 is 0 Å². The second-order valence-corrected chi connectivity index (χ2v) is 5.33. The molecule has 0 radical (unpaired) electrons. The lowest BCUT2D eigenvalue weighted by molar-refractivity contribution is -0.116. The number of carbonyl (C=O) groups is 1. The van der Waals surface area contributed by atoms with Gasteiger partial charge in [0.25, 0.3) is 0 Å². The molecule has 0 spiro atoms. The van der Waals surface area contributed by atoms with E-state index in [9.17, 15) is 4.79 Å². The molecule has 2 aromatic carbocycles. The summed E-state index contributed by atoms with van der Waals surface area (Å²) < 4.78 is 6.60. The predicted octanol–water partition coefficient (Wildman–Crippen LogP) is 3.28. The van der Waals surface area contributed by atoms with E-state index in [1.807, 2.05) is 36.4 Å². The van der Waals surface area contributed by atoms with Crippen LogP contribution in [0.25, 0.3) is 0 Å². The SMILES string of the molecule is Nc1ccccc1NC(=O)CCOc1ccccc1I. The van der Waals surface area contributed by atoms with Crippen molar-refractivity contribution in [1.29, 1.82) is 0 Å². The fraction of sp³-hybridized carbons (Fsp3) is 0.133. The Morgan fingerprint density at radius 3 is 2.60 bits per heavy atom. The minimum Gasteiger partial charge on any atom is -0.492 e. The normalized spacial score (nSPS) is 10.1. The van der Waals surface area contributed by atoms with Crippen molar-refractivity contribution in [1.82, 2.24) is 0 Å². The minimum absolute atomic E-state index is 0.117. The fourth-order valence-corrected chi connectivity index (χ4v) is 2.18. The first-order valence-corrected chi connectivity index (χ1v) is 7.26. The van der Waals surface area contributed by atoms with Crippen molar-refractivity contribution in [3.05, 3.63) is 52.1 Å². The van der Waals surface area contributed by atoms with Crippen LogP contribution >= 0.6 is 22.6 Å². The third kappa shape index (κ3) is 4.12. The summed E-state index contributed by atoms with van der Waals surface area (Å²) in [5.74, 6) is 0.675. The summed E-state index contributed by atoms with van der Waals surface area (Å²) in [4.78, 5) is 11.8. The summed E-state index contributed by atoms with van der Waals surface area (Å²) in [6.45, 7) is 0.332. The molecule has 2 rings (SSSR count). The number of nitrogen functional groups attached to an aromatic ring is 1. The summed E-state index contributed by atoms with van der Waals surface area (Å²) >= 11 is 2.20. The standard InChI is InChI=1S/C15H15IN2O2/c16-11-5-1-4-8-14(11)20-10-9-15(19)18-13-7-3-2-6-12(13)17/h1-8H,9-10,17H2,(H,18,19). The van der Waals surface area contributed by atoms with Crippen molar-refractivity contribution in [3.63, 3.8) is 0 Å². The Balaban J connectivity index is 1.82. The van der Waals surface area contributed by atoms with E-state index in [1.165, 1.54) is 0 Å². The van der Waals surface area contributed by atoms with Crippen LogP contribution in [-0.4, -0.2) is 12.5 Å². The summed E-state index contributed by atoms with van der Waals surface area (Å²) in [5.41, 5.74) is 6.95.